The molecule has 4 aromatic rings. The zero-order valence-electron chi connectivity index (χ0n) is 16.0. The summed E-state index contributed by atoms with van der Waals surface area (Å²) in [6, 6.07) is 14.8. The van der Waals surface area contributed by atoms with E-state index >= 15 is 0 Å². The van der Waals surface area contributed by atoms with Crippen molar-refractivity contribution in [3.8, 4) is 5.95 Å². The van der Waals surface area contributed by atoms with Gasteiger partial charge in [0.2, 0.25) is 17.8 Å². The molecule has 146 valence electrons. The average Bonchev–Trinajstić information content (AvgIpc) is 3.05. The Morgan fingerprint density at radius 1 is 1.03 bits per heavy atom. The van der Waals surface area contributed by atoms with Crippen molar-refractivity contribution in [2.75, 3.05) is 17.6 Å². The number of amides is 1. The maximum absolute atomic E-state index is 12.0. The molecule has 1 amide bonds. The first-order chi connectivity index (χ1) is 14.0. The smallest absolute Gasteiger partial charge is 0.251 e. The maximum Gasteiger partial charge on any atom is 0.251 e. The van der Waals surface area contributed by atoms with E-state index in [0.717, 1.165) is 16.7 Å². The van der Waals surface area contributed by atoms with Gasteiger partial charge in [0.05, 0.1) is 11.0 Å². The molecule has 4 rings (SSSR count). The van der Waals surface area contributed by atoms with Gasteiger partial charge in [-0.2, -0.15) is 15.0 Å². The molecule has 29 heavy (non-hydrogen) atoms. The van der Waals surface area contributed by atoms with Crippen LogP contribution in [0.25, 0.3) is 17.0 Å². The maximum atomic E-state index is 12.0. The SMILES string of the molecule is CCNC(=O)c1ccc(Nc2nc3ccccc3n2-c2nc(C)nc(N)n2)cc1. The predicted octanol–water partition coefficient (Wildman–Crippen LogP) is 2.59. The number of anilines is 3. The number of hydrogen-bond acceptors (Lipinski definition) is 7. The Hall–Kier alpha value is -4.01. The molecule has 4 N–H and O–H groups in total. The molecule has 0 bridgehead atoms. The molecule has 0 spiro atoms. The summed E-state index contributed by atoms with van der Waals surface area (Å²) in [5.41, 5.74) is 8.80. The number of para-hydroxylation sites is 2. The fourth-order valence-corrected chi connectivity index (χ4v) is 3.00. The quantitative estimate of drug-likeness (QED) is 0.480. The molecule has 0 aliphatic heterocycles. The normalized spacial score (nSPS) is 10.8. The lowest BCUT2D eigenvalue weighted by Gasteiger charge is -2.10. The molecular weight excluding hydrogens is 368 g/mol. The lowest BCUT2D eigenvalue weighted by atomic mass is 10.2. The van der Waals surface area contributed by atoms with Gasteiger partial charge in [-0.15, -0.1) is 0 Å². The van der Waals surface area contributed by atoms with Crippen LogP contribution in [-0.4, -0.2) is 37.0 Å². The molecule has 0 radical (unpaired) electrons. The van der Waals surface area contributed by atoms with Crippen LogP contribution in [0.5, 0.6) is 0 Å². The summed E-state index contributed by atoms with van der Waals surface area (Å²) in [6.45, 7) is 4.22. The van der Waals surface area contributed by atoms with Crippen LogP contribution in [-0.2, 0) is 0 Å². The second-order valence-electron chi connectivity index (χ2n) is 6.36. The van der Waals surface area contributed by atoms with Crippen LogP contribution in [0.2, 0.25) is 0 Å². The monoisotopic (exact) mass is 388 g/mol. The molecule has 0 aliphatic rings. The van der Waals surface area contributed by atoms with E-state index in [-0.39, 0.29) is 11.9 Å². The summed E-state index contributed by atoms with van der Waals surface area (Å²) < 4.78 is 1.79. The number of carbonyl (C=O) groups excluding carboxylic acids is 1. The van der Waals surface area contributed by atoms with E-state index in [9.17, 15) is 4.79 Å². The molecule has 0 atom stereocenters. The summed E-state index contributed by atoms with van der Waals surface area (Å²) in [4.78, 5) is 29.3. The second kappa shape index (κ2) is 7.55. The van der Waals surface area contributed by atoms with Gasteiger partial charge in [0.15, 0.2) is 0 Å². The minimum atomic E-state index is -0.109. The number of carbonyl (C=O) groups is 1. The topological polar surface area (TPSA) is 124 Å². The molecule has 2 heterocycles. The van der Waals surface area contributed by atoms with Crippen molar-refractivity contribution in [1.82, 2.24) is 29.8 Å². The number of nitrogens with zero attached hydrogens (tertiary/aromatic N) is 5. The third kappa shape index (κ3) is 3.70. The first-order valence-electron chi connectivity index (χ1n) is 9.16. The number of aryl methyl sites for hydroxylation is 1. The van der Waals surface area contributed by atoms with E-state index in [0.29, 0.717) is 29.8 Å². The van der Waals surface area contributed by atoms with Crippen molar-refractivity contribution in [2.45, 2.75) is 13.8 Å². The zero-order valence-corrected chi connectivity index (χ0v) is 16.0. The molecule has 2 aromatic heterocycles. The van der Waals surface area contributed by atoms with E-state index in [2.05, 4.69) is 30.6 Å². The minimum Gasteiger partial charge on any atom is -0.368 e. The molecule has 0 unspecified atom stereocenters. The molecule has 2 aromatic carbocycles. The van der Waals surface area contributed by atoms with Gasteiger partial charge in [-0.3, -0.25) is 4.79 Å². The number of nitrogens with two attached hydrogens (primary N) is 1. The third-order valence-corrected chi connectivity index (χ3v) is 4.25. The van der Waals surface area contributed by atoms with Crippen molar-refractivity contribution in [1.29, 1.82) is 0 Å². The first kappa shape index (κ1) is 18.4. The van der Waals surface area contributed by atoms with Crippen LogP contribution in [0.1, 0.15) is 23.1 Å². The van der Waals surface area contributed by atoms with Crippen molar-refractivity contribution in [3.05, 3.63) is 59.9 Å². The highest BCUT2D eigenvalue weighted by molar-refractivity contribution is 5.94. The van der Waals surface area contributed by atoms with Crippen LogP contribution in [0.4, 0.5) is 17.6 Å². The van der Waals surface area contributed by atoms with Crippen LogP contribution < -0.4 is 16.4 Å². The van der Waals surface area contributed by atoms with Gasteiger partial charge in [0, 0.05) is 17.8 Å². The largest absolute Gasteiger partial charge is 0.368 e. The van der Waals surface area contributed by atoms with Gasteiger partial charge in [-0.05, 0) is 50.2 Å². The number of imidazole rings is 1. The van der Waals surface area contributed by atoms with Crippen LogP contribution in [0.3, 0.4) is 0 Å². The number of hydrogen-bond donors (Lipinski definition) is 3. The minimum absolute atomic E-state index is 0.109. The standard InChI is InChI=1S/C20H20N8O/c1-3-22-17(29)13-8-10-14(11-9-13)25-20-26-15-6-4-5-7-16(15)28(20)19-24-12(2)23-18(21)27-19/h4-11H,3H2,1-2H3,(H,22,29)(H,25,26)(H2,21,23,24,27). The van der Waals surface area contributed by atoms with E-state index in [1.54, 1.807) is 23.6 Å². The van der Waals surface area contributed by atoms with Crippen molar-refractivity contribution >= 4 is 34.5 Å². The van der Waals surface area contributed by atoms with Crippen LogP contribution in [0.15, 0.2) is 48.5 Å². The Bertz CT molecular complexity index is 1160. The van der Waals surface area contributed by atoms with Crippen molar-refractivity contribution < 1.29 is 4.79 Å². The third-order valence-electron chi connectivity index (χ3n) is 4.25. The molecule has 0 saturated heterocycles. The molecule has 0 fully saturated rings. The Kier molecular flexibility index (Phi) is 4.78. The fourth-order valence-electron chi connectivity index (χ4n) is 3.00. The number of rotatable bonds is 5. The Labute approximate surface area is 167 Å². The molecule has 9 heteroatoms. The zero-order chi connectivity index (χ0) is 20.4. The highest BCUT2D eigenvalue weighted by atomic mass is 16.1. The number of nitrogen functional groups attached to an aromatic ring is 1. The van der Waals surface area contributed by atoms with Crippen LogP contribution >= 0.6 is 0 Å². The van der Waals surface area contributed by atoms with E-state index < -0.39 is 0 Å². The Balaban J connectivity index is 1.75. The molecule has 0 saturated carbocycles. The first-order valence-corrected chi connectivity index (χ1v) is 9.16. The van der Waals surface area contributed by atoms with Gasteiger partial charge >= 0.3 is 0 Å². The summed E-state index contributed by atoms with van der Waals surface area (Å²) >= 11 is 0. The van der Waals surface area contributed by atoms with Crippen LogP contribution in [0, 0.1) is 6.92 Å². The number of aromatic nitrogens is 5. The number of benzene rings is 2. The van der Waals surface area contributed by atoms with E-state index in [4.69, 9.17) is 5.73 Å². The highest BCUT2D eigenvalue weighted by Gasteiger charge is 2.16. The van der Waals surface area contributed by atoms with E-state index in [1.165, 1.54) is 0 Å². The van der Waals surface area contributed by atoms with Gasteiger partial charge in [-0.1, -0.05) is 12.1 Å². The van der Waals surface area contributed by atoms with Crippen molar-refractivity contribution in [2.24, 2.45) is 0 Å². The van der Waals surface area contributed by atoms with Gasteiger partial charge in [0.1, 0.15) is 5.82 Å². The lowest BCUT2D eigenvalue weighted by molar-refractivity contribution is 0.0956. The van der Waals surface area contributed by atoms with Gasteiger partial charge in [0.25, 0.3) is 5.91 Å². The highest BCUT2D eigenvalue weighted by Crippen LogP contribution is 2.25. The average molecular weight is 388 g/mol. The Morgan fingerprint density at radius 2 is 1.79 bits per heavy atom. The van der Waals surface area contributed by atoms with Crippen molar-refractivity contribution in [3.63, 3.8) is 0 Å². The fraction of sp³-hybridized carbons (Fsp3) is 0.150. The summed E-state index contributed by atoms with van der Waals surface area (Å²) in [5, 5.41) is 6.06. The molecule has 9 nitrogen and oxygen atoms in total. The molecular formula is C20H20N8O. The van der Waals surface area contributed by atoms with Gasteiger partial charge < -0.3 is 16.4 Å². The second-order valence-corrected chi connectivity index (χ2v) is 6.36. The lowest BCUT2D eigenvalue weighted by Crippen LogP contribution is -2.22. The predicted molar refractivity (Wildman–Crippen MR) is 111 cm³/mol. The summed E-state index contributed by atoms with van der Waals surface area (Å²) in [7, 11) is 0. The Morgan fingerprint density at radius 3 is 2.52 bits per heavy atom. The van der Waals surface area contributed by atoms with E-state index in [1.807, 2.05) is 43.3 Å². The van der Waals surface area contributed by atoms with Gasteiger partial charge in [-0.25, -0.2) is 9.55 Å². The summed E-state index contributed by atoms with van der Waals surface area (Å²) in [5.74, 6) is 1.46. The molecule has 0 aliphatic carbocycles. The number of nitrogens with one attached hydrogen (secondary N) is 2. The number of fused-ring (bicyclic) bond motifs is 1. The summed E-state index contributed by atoms with van der Waals surface area (Å²) in [6.07, 6.45) is 0.